The number of hydrogen-bond donors (Lipinski definition) is 2. The Kier molecular flexibility index (Phi) is 6.33. The van der Waals surface area contributed by atoms with Crippen molar-refractivity contribution in [2.75, 3.05) is 31.5 Å². The third kappa shape index (κ3) is 5.44. The van der Waals surface area contributed by atoms with Crippen LogP contribution in [0.15, 0.2) is 29.4 Å². The van der Waals surface area contributed by atoms with Crippen molar-refractivity contribution < 1.29 is 9.18 Å². The number of benzene rings is 1. The number of rotatable bonds is 6. The monoisotopic (exact) mass is 306 g/mol. The Balaban J connectivity index is 1.69. The van der Waals surface area contributed by atoms with Gasteiger partial charge in [-0.05, 0) is 37.2 Å². The summed E-state index contributed by atoms with van der Waals surface area (Å²) in [5.74, 6) is -0.497. The molecule has 120 valence electrons. The zero-order valence-electron chi connectivity index (χ0n) is 12.9. The molecule has 1 aromatic carbocycles. The van der Waals surface area contributed by atoms with Gasteiger partial charge in [-0.1, -0.05) is 6.92 Å². The lowest BCUT2D eigenvalue weighted by atomic mass is 10.1. The zero-order valence-corrected chi connectivity index (χ0v) is 12.9. The molecule has 1 aliphatic rings. The SMILES string of the molecule is CCCN1CCC(=NNC(=O)CNc2ccc(F)cc2)CC1. The Morgan fingerprint density at radius 2 is 1.95 bits per heavy atom. The third-order valence-electron chi connectivity index (χ3n) is 3.61. The molecule has 1 aliphatic heterocycles. The number of likely N-dealkylation sites (tertiary alicyclic amines) is 1. The number of hydrazone groups is 1. The molecule has 2 rings (SSSR count). The predicted octanol–water partition coefficient (Wildman–Crippen LogP) is 2.22. The van der Waals surface area contributed by atoms with Crippen LogP contribution in [0.4, 0.5) is 10.1 Å². The zero-order chi connectivity index (χ0) is 15.8. The van der Waals surface area contributed by atoms with Gasteiger partial charge in [0.1, 0.15) is 5.82 Å². The van der Waals surface area contributed by atoms with Gasteiger partial charge in [0.25, 0.3) is 5.91 Å². The second-order valence-electron chi connectivity index (χ2n) is 5.42. The topological polar surface area (TPSA) is 56.7 Å². The van der Waals surface area contributed by atoms with Crippen LogP contribution in [0.2, 0.25) is 0 Å². The molecule has 1 amide bonds. The fourth-order valence-corrected chi connectivity index (χ4v) is 2.39. The van der Waals surface area contributed by atoms with Gasteiger partial charge in [0.2, 0.25) is 0 Å². The van der Waals surface area contributed by atoms with Crippen molar-refractivity contribution in [1.29, 1.82) is 0 Å². The lowest BCUT2D eigenvalue weighted by molar-refractivity contribution is -0.119. The van der Waals surface area contributed by atoms with Gasteiger partial charge in [0, 0.05) is 37.3 Å². The molecular weight excluding hydrogens is 283 g/mol. The lowest BCUT2D eigenvalue weighted by Crippen LogP contribution is -2.35. The normalized spacial score (nSPS) is 15.5. The van der Waals surface area contributed by atoms with Crippen molar-refractivity contribution in [3.8, 4) is 0 Å². The van der Waals surface area contributed by atoms with Crippen molar-refractivity contribution in [3.05, 3.63) is 30.1 Å². The molecule has 5 nitrogen and oxygen atoms in total. The number of anilines is 1. The van der Waals surface area contributed by atoms with E-state index in [1.54, 1.807) is 12.1 Å². The van der Waals surface area contributed by atoms with E-state index < -0.39 is 0 Å². The van der Waals surface area contributed by atoms with Crippen molar-refractivity contribution in [2.45, 2.75) is 26.2 Å². The average Bonchev–Trinajstić information content (AvgIpc) is 2.54. The van der Waals surface area contributed by atoms with Gasteiger partial charge in [-0.2, -0.15) is 5.10 Å². The molecule has 1 aromatic rings. The number of halogens is 1. The first-order chi connectivity index (χ1) is 10.7. The quantitative estimate of drug-likeness (QED) is 0.792. The summed E-state index contributed by atoms with van der Waals surface area (Å²) in [6, 6.07) is 5.89. The molecule has 2 N–H and O–H groups in total. The fourth-order valence-electron chi connectivity index (χ4n) is 2.39. The molecule has 0 unspecified atom stereocenters. The van der Waals surface area contributed by atoms with Crippen LogP contribution in [-0.4, -0.2) is 42.7 Å². The van der Waals surface area contributed by atoms with E-state index in [0.717, 1.165) is 44.6 Å². The number of amides is 1. The second kappa shape index (κ2) is 8.48. The highest BCUT2D eigenvalue weighted by Crippen LogP contribution is 2.08. The van der Waals surface area contributed by atoms with Crippen molar-refractivity contribution in [1.82, 2.24) is 10.3 Å². The summed E-state index contributed by atoms with van der Waals surface area (Å²) >= 11 is 0. The standard InChI is InChI=1S/C16H23FN4O/c1-2-9-21-10-7-15(8-11-21)19-20-16(22)12-18-14-5-3-13(17)4-6-14/h3-6,18H,2,7-12H2,1H3,(H,20,22). The summed E-state index contributed by atoms with van der Waals surface area (Å²) in [6.07, 6.45) is 2.98. The Bertz CT molecular complexity index is 505. The maximum Gasteiger partial charge on any atom is 0.259 e. The number of nitrogens with zero attached hydrogens (tertiary/aromatic N) is 2. The Morgan fingerprint density at radius 1 is 1.27 bits per heavy atom. The first-order valence-electron chi connectivity index (χ1n) is 7.73. The maximum atomic E-state index is 12.8. The predicted molar refractivity (Wildman–Crippen MR) is 86.4 cm³/mol. The molecule has 6 heteroatoms. The van der Waals surface area contributed by atoms with E-state index in [-0.39, 0.29) is 18.3 Å². The van der Waals surface area contributed by atoms with E-state index in [1.165, 1.54) is 12.1 Å². The highest BCUT2D eigenvalue weighted by molar-refractivity contribution is 5.88. The minimum atomic E-state index is -0.296. The van der Waals surface area contributed by atoms with Crippen LogP contribution in [0.1, 0.15) is 26.2 Å². The molecular formula is C16H23FN4O. The van der Waals surface area contributed by atoms with Gasteiger partial charge >= 0.3 is 0 Å². The highest BCUT2D eigenvalue weighted by Gasteiger charge is 2.14. The van der Waals surface area contributed by atoms with Crippen LogP contribution in [0.5, 0.6) is 0 Å². The van der Waals surface area contributed by atoms with Gasteiger partial charge in [-0.3, -0.25) is 4.79 Å². The van der Waals surface area contributed by atoms with E-state index in [1.807, 2.05) is 0 Å². The van der Waals surface area contributed by atoms with E-state index in [4.69, 9.17) is 0 Å². The molecule has 22 heavy (non-hydrogen) atoms. The molecule has 0 aliphatic carbocycles. The number of piperidine rings is 1. The van der Waals surface area contributed by atoms with Crippen LogP contribution in [0.3, 0.4) is 0 Å². The molecule has 1 heterocycles. The largest absolute Gasteiger partial charge is 0.376 e. The third-order valence-corrected chi connectivity index (χ3v) is 3.61. The average molecular weight is 306 g/mol. The Hall–Kier alpha value is -1.95. The molecule has 0 bridgehead atoms. The fraction of sp³-hybridized carbons (Fsp3) is 0.500. The van der Waals surface area contributed by atoms with E-state index in [2.05, 4.69) is 27.7 Å². The van der Waals surface area contributed by atoms with Gasteiger partial charge in [-0.25, -0.2) is 9.82 Å². The second-order valence-corrected chi connectivity index (χ2v) is 5.42. The summed E-state index contributed by atoms with van der Waals surface area (Å²) in [5.41, 5.74) is 4.32. The molecule has 0 atom stereocenters. The van der Waals surface area contributed by atoms with Crippen LogP contribution in [0.25, 0.3) is 0 Å². The van der Waals surface area contributed by atoms with Gasteiger partial charge in [-0.15, -0.1) is 0 Å². The Morgan fingerprint density at radius 3 is 2.59 bits per heavy atom. The van der Waals surface area contributed by atoms with Crippen LogP contribution in [0, 0.1) is 5.82 Å². The first-order valence-corrected chi connectivity index (χ1v) is 7.73. The summed E-state index contributed by atoms with van der Waals surface area (Å²) in [4.78, 5) is 14.1. The molecule has 0 radical (unpaired) electrons. The molecule has 1 fully saturated rings. The van der Waals surface area contributed by atoms with Gasteiger partial charge in [0.15, 0.2) is 0 Å². The van der Waals surface area contributed by atoms with Crippen molar-refractivity contribution in [2.24, 2.45) is 5.10 Å². The van der Waals surface area contributed by atoms with E-state index >= 15 is 0 Å². The van der Waals surface area contributed by atoms with Crippen LogP contribution < -0.4 is 10.7 Å². The first kappa shape index (κ1) is 16.4. The minimum absolute atomic E-state index is 0.115. The van der Waals surface area contributed by atoms with Crippen LogP contribution in [-0.2, 0) is 4.79 Å². The summed E-state index contributed by atoms with van der Waals surface area (Å²) < 4.78 is 12.8. The summed E-state index contributed by atoms with van der Waals surface area (Å²) in [5, 5.41) is 7.12. The number of hydrogen-bond acceptors (Lipinski definition) is 4. The van der Waals surface area contributed by atoms with Gasteiger partial charge < -0.3 is 10.2 Å². The molecule has 0 aromatic heterocycles. The van der Waals surface area contributed by atoms with Crippen LogP contribution >= 0.6 is 0 Å². The minimum Gasteiger partial charge on any atom is -0.376 e. The van der Waals surface area contributed by atoms with Crippen molar-refractivity contribution >= 4 is 17.3 Å². The van der Waals surface area contributed by atoms with E-state index in [9.17, 15) is 9.18 Å². The highest BCUT2D eigenvalue weighted by atomic mass is 19.1. The summed E-state index contributed by atoms with van der Waals surface area (Å²) in [7, 11) is 0. The maximum absolute atomic E-state index is 12.8. The number of carbonyl (C=O) groups excluding carboxylic acids is 1. The van der Waals surface area contributed by atoms with Crippen molar-refractivity contribution in [3.63, 3.8) is 0 Å². The summed E-state index contributed by atoms with van der Waals surface area (Å²) in [6.45, 7) is 5.44. The lowest BCUT2D eigenvalue weighted by Gasteiger charge is -2.26. The number of nitrogens with one attached hydrogen (secondary N) is 2. The van der Waals surface area contributed by atoms with Gasteiger partial charge in [0.05, 0.1) is 6.54 Å². The smallest absolute Gasteiger partial charge is 0.259 e. The molecule has 0 spiro atoms. The Labute approximate surface area is 130 Å². The molecule has 1 saturated heterocycles. The number of carbonyl (C=O) groups is 1. The molecule has 0 saturated carbocycles. The van der Waals surface area contributed by atoms with E-state index in [0.29, 0.717) is 5.69 Å².